The number of carboxylic acid groups (broad SMARTS) is 1. The van der Waals surface area contributed by atoms with Gasteiger partial charge >= 0.3 is 5.97 Å². The molecule has 74 valence electrons. The molecule has 0 aliphatic rings. The van der Waals surface area contributed by atoms with E-state index in [0.717, 1.165) is 12.8 Å². The molecular weight excluding hydrogens is 226 g/mol. The summed E-state index contributed by atoms with van der Waals surface area (Å²) in [5, 5.41) is 15.9. The van der Waals surface area contributed by atoms with Crippen LogP contribution >= 0.6 is 34.8 Å². The van der Waals surface area contributed by atoms with E-state index in [1.807, 2.05) is 0 Å². The molecule has 0 aromatic rings. The summed E-state index contributed by atoms with van der Waals surface area (Å²) in [6, 6.07) is 0. The molecule has 0 rings (SSSR count). The van der Waals surface area contributed by atoms with Crippen molar-refractivity contribution in [1.29, 1.82) is 0 Å². The number of alkyl halides is 3. The van der Waals surface area contributed by atoms with Crippen LogP contribution in [0.15, 0.2) is 0 Å². The number of aliphatic carboxylic acids is 1. The fourth-order valence-electron chi connectivity index (χ4n) is 0.158. The molecule has 0 atom stereocenters. The van der Waals surface area contributed by atoms with Crippen LogP contribution in [0.25, 0.3) is 0 Å². The molecule has 0 unspecified atom stereocenters. The van der Waals surface area contributed by atoms with E-state index < -0.39 is 9.76 Å². The summed E-state index contributed by atoms with van der Waals surface area (Å²) in [6.07, 6.45) is 2.04. The van der Waals surface area contributed by atoms with Crippen molar-refractivity contribution in [3.8, 4) is 0 Å². The minimum Gasteiger partial charge on any atom is -0.478 e. The second-order valence-electron chi connectivity index (χ2n) is 1.88. The highest BCUT2D eigenvalue weighted by molar-refractivity contribution is 6.75. The van der Waals surface area contributed by atoms with Crippen LogP contribution in [0.5, 0.6) is 0 Å². The fraction of sp³-hybridized carbons (Fsp3) is 0.833. The first-order valence-electron chi connectivity index (χ1n) is 3.27. The van der Waals surface area contributed by atoms with Crippen molar-refractivity contribution in [2.45, 2.75) is 23.6 Å². The SMILES string of the molecule is CCCCO.O=C(O)C(Cl)(Cl)Cl. The van der Waals surface area contributed by atoms with Crippen LogP contribution in [-0.2, 0) is 4.79 Å². The number of aliphatic hydroxyl groups is 1. The van der Waals surface area contributed by atoms with Crippen LogP contribution in [0.2, 0.25) is 0 Å². The molecule has 0 aliphatic heterocycles. The van der Waals surface area contributed by atoms with Gasteiger partial charge < -0.3 is 10.2 Å². The third kappa shape index (κ3) is 12.9. The van der Waals surface area contributed by atoms with E-state index in [4.69, 9.17) is 45.0 Å². The van der Waals surface area contributed by atoms with Crippen molar-refractivity contribution >= 4 is 40.8 Å². The quantitative estimate of drug-likeness (QED) is 0.724. The van der Waals surface area contributed by atoms with Crippen molar-refractivity contribution in [2.24, 2.45) is 0 Å². The van der Waals surface area contributed by atoms with Gasteiger partial charge in [0.05, 0.1) is 0 Å². The molecule has 0 heterocycles. The number of unbranched alkanes of at least 4 members (excludes halogenated alkanes) is 1. The van der Waals surface area contributed by atoms with Crippen LogP contribution in [0.4, 0.5) is 0 Å². The molecule has 0 aliphatic carbocycles. The van der Waals surface area contributed by atoms with Gasteiger partial charge in [0.1, 0.15) is 0 Å². The number of hydrogen-bond donors (Lipinski definition) is 2. The van der Waals surface area contributed by atoms with Crippen molar-refractivity contribution < 1.29 is 15.0 Å². The maximum Gasteiger partial charge on any atom is 0.356 e. The van der Waals surface area contributed by atoms with Crippen LogP contribution in [-0.4, -0.2) is 26.6 Å². The second-order valence-corrected chi connectivity index (χ2v) is 4.16. The molecule has 3 nitrogen and oxygen atoms in total. The summed E-state index contributed by atoms with van der Waals surface area (Å²) in [5.74, 6) is -1.46. The Morgan fingerprint density at radius 1 is 1.42 bits per heavy atom. The first-order valence-corrected chi connectivity index (χ1v) is 4.40. The van der Waals surface area contributed by atoms with Gasteiger partial charge in [-0.05, 0) is 6.42 Å². The number of carboxylic acids is 1. The molecule has 0 fully saturated rings. The topological polar surface area (TPSA) is 57.5 Å². The van der Waals surface area contributed by atoms with Crippen molar-refractivity contribution in [3.63, 3.8) is 0 Å². The Balaban J connectivity index is 0. The lowest BCUT2D eigenvalue weighted by Crippen LogP contribution is -2.16. The molecule has 0 amide bonds. The predicted octanol–water partition coefficient (Wildman–Crippen LogP) is 2.22. The largest absolute Gasteiger partial charge is 0.478 e. The summed E-state index contributed by atoms with van der Waals surface area (Å²) in [5.41, 5.74) is 0. The highest BCUT2D eigenvalue weighted by atomic mass is 35.6. The zero-order valence-electron chi connectivity index (χ0n) is 6.56. The lowest BCUT2D eigenvalue weighted by Gasteiger charge is -1.99. The molecule has 0 saturated heterocycles. The molecule has 12 heavy (non-hydrogen) atoms. The van der Waals surface area contributed by atoms with Crippen LogP contribution in [0.1, 0.15) is 19.8 Å². The minimum absolute atomic E-state index is 0.344. The predicted molar refractivity (Wildman–Crippen MR) is 49.9 cm³/mol. The highest BCUT2D eigenvalue weighted by Gasteiger charge is 2.29. The van der Waals surface area contributed by atoms with Crippen molar-refractivity contribution in [2.75, 3.05) is 6.61 Å². The average molecular weight is 238 g/mol. The van der Waals surface area contributed by atoms with Crippen molar-refractivity contribution in [3.05, 3.63) is 0 Å². The standard InChI is InChI=1S/C4H10O.C2HCl3O2/c1-2-3-4-5;3-2(4,5)1(6)7/h5H,2-4H2,1H3;(H,6,7). The Labute approximate surface area is 86.2 Å². The second kappa shape index (κ2) is 7.92. The monoisotopic (exact) mass is 236 g/mol. The van der Waals surface area contributed by atoms with E-state index >= 15 is 0 Å². The minimum atomic E-state index is -2.17. The molecule has 2 N–H and O–H groups in total. The zero-order chi connectivity index (χ0) is 10.2. The maximum atomic E-state index is 9.62. The Morgan fingerprint density at radius 3 is 1.75 bits per heavy atom. The Bertz CT molecular complexity index is 120. The van der Waals surface area contributed by atoms with Crippen LogP contribution in [0, 0.1) is 0 Å². The lowest BCUT2D eigenvalue weighted by molar-refractivity contribution is -0.135. The molecule has 6 heteroatoms. The molecule has 0 radical (unpaired) electrons. The normalized spacial score (nSPS) is 10.1. The summed E-state index contributed by atoms with van der Waals surface area (Å²) < 4.78 is -2.17. The third-order valence-electron chi connectivity index (χ3n) is 0.754. The molecule has 0 aromatic heterocycles. The number of aliphatic hydroxyl groups excluding tert-OH is 1. The van der Waals surface area contributed by atoms with E-state index in [2.05, 4.69) is 6.92 Å². The fourth-order valence-corrected chi connectivity index (χ4v) is 0.158. The number of hydrogen-bond acceptors (Lipinski definition) is 2. The van der Waals surface area contributed by atoms with E-state index in [-0.39, 0.29) is 0 Å². The van der Waals surface area contributed by atoms with Crippen LogP contribution < -0.4 is 0 Å². The number of carbonyl (C=O) groups is 1. The summed E-state index contributed by atoms with van der Waals surface area (Å²) in [7, 11) is 0. The van der Waals surface area contributed by atoms with E-state index in [0.29, 0.717) is 6.61 Å². The number of halogens is 3. The van der Waals surface area contributed by atoms with Gasteiger partial charge in [-0.15, -0.1) is 0 Å². The van der Waals surface area contributed by atoms with E-state index in [1.54, 1.807) is 0 Å². The maximum absolute atomic E-state index is 9.62. The van der Waals surface area contributed by atoms with E-state index in [1.165, 1.54) is 0 Å². The molecule has 0 saturated carbocycles. The Morgan fingerprint density at radius 2 is 1.75 bits per heavy atom. The van der Waals surface area contributed by atoms with Gasteiger partial charge in [-0.25, -0.2) is 4.79 Å². The van der Waals surface area contributed by atoms with E-state index in [9.17, 15) is 4.79 Å². The van der Waals surface area contributed by atoms with Gasteiger partial charge in [-0.1, -0.05) is 48.1 Å². The van der Waals surface area contributed by atoms with Gasteiger partial charge in [-0.2, -0.15) is 0 Å². The van der Waals surface area contributed by atoms with Gasteiger partial charge in [0.2, 0.25) is 0 Å². The van der Waals surface area contributed by atoms with Gasteiger partial charge in [0.15, 0.2) is 0 Å². The highest BCUT2D eigenvalue weighted by Crippen LogP contribution is 2.25. The summed E-state index contributed by atoms with van der Waals surface area (Å²) in [6.45, 7) is 2.40. The third-order valence-corrected chi connectivity index (χ3v) is 1.24. The molecule has 0 aromatic carbocycles. The molecule has 0 spiro atoms. The Kier molecular flexibility index (Phi) is 9.78. The molecule has 0 bridgehead atoms. The van der Waals surface area contributed by atoms with Crippen molar-refractivity contribution in [1.82, 2.24) is 0 Å². The first kappa shape index (κ1) is 14.8. The Hall–Kier alpha value is 0.300. The summed E-state index contributed by atoms with van der Waals surface area (Å²) in [4.78, 5) is 9.62. The number of rotatable bonds is 2. The van der Waals surface area contributed by atoms with Gasteiger partial charge in [-0.3, -0.25) is 0 Å². The van der Waals surface area contributed by atoms with Gasteiger partial charge in [0, 0.05) is 6.61 Å². The lowest BCUT2D eigenvalue weighted by atomic mass is 10.4. The first-order chi connectivity index (χ1) is 5.36. The van der Waals surface area contributed by atoms with Crippen LogP contribution in [0.3, 0.4) is 0 Å². The summed E-state index contributed by atoms with van der Waals surface area (Å²) >= 11 is 14.4. The smallest absolute Gasteiger partial charge is 0.356 e. The van der Waals surface area contributed by atoms with Gasteiger partial charge in [0.25, 0.3) is 3.79 Å². The average Bonchev–Trinajstić information content (AvgIpc) is 1.88. The molecular formula is C6H11Cl3O3. The zero-order valence-corrected chi connectivity index (χ0v) is 8.83.